The number of halogens is 2. The van der Waals surface area contributed by atoms with Crippen LogP contribution in [0.3, 0.4) is 0 Å². The standard InChI is InChI=1S/C16H14Cl2N2O3S/c17-12-6-2-1-5-11(12)15-16(21)19-9-10-20(15)24(22,23)14-8-4-3-7-13(14)18/h1-8,15H,9-10H2,(H,19,21). The summed E-state index contributed by atoms with van der Waals surface area (Å²) in [4.78, 5) is 12.4. The van der Waals surface area contributed by atoms with Crippen LogP contribution in [0.4, 0.5) is 0 Å². The van der Waals surface area contributed by atoms with Crippen molar-refractivity contribution in [2.45, 2.75) is 10.9 Å². The fraction of sp³-hybridized carbons (Fsp3) is 0.188. The Balaban J connectivity index is 2.12. The molecule has 0 aromatic heterocycles. The summed E-state index contributed by atoms with van der Waals surface area (Å²) in [6, 6.07) is 11.8. The van der Waals surface area contributed by atoms with Gasteiger partial charge in [0.15, 0.2) is 0 Å². The van der Waals surface area contributed by atoms with Crippen LogP contribution < -0.4 is 5.32 Å². The van der Waals surface area contributed by atoms with Crippen LogP contribution in [0, 0.1) is 0 Å². The molecule has 3 rings (SSSR count). The third-order valence-electron chi connectivity index (χ3n) is 3.79. The van der Waals surface area contributed by atoms with Crippen molar-refractivity contribution in [3.05, 3.63) is 64.1 Å². The van der Waals surface area contributed by atoms with E-state index in [0.717, 1.165) is 4.31 Å². The number of hydrogen-bond acceptors (Lipinski definition) is 3. The highest BCUT2D eigenvalue weighted by Crippen LogP contribution is 2.35. The van der Waals surface area contributed by atoms with E-state index in [4.69, 9.17) is 23.2 Å². The maximum Gasteiger partial charge on any atom is 0.245 e. The summed E-state index contributed by atoms with van der Waals surface area (Å²) in [6.07, 6.45) is 0. The average molecular weight is 385 g/mol. The van der Waals surface area contributed by atoms with Gasteiger partial charge in [-0.15, -0.1) is 0 Å². The molecular formula is C16H14Cl2N2O3S. The smallest absolute Gasteiger partial charge is 0.245 e. The van der Waals surface area contributed by atoms with Gasteiger partial charge in [-0.2, -0.15) is 4.31 Å². The molecule has 0 radical (unpaired) electrons. The maximum absolute atomic E-state index is 13.1. The first kappa shape index (κ1) is 17.2. The lowest BCUT2D eigenvalue weighted by atomic mass is 10.0. The minimum atomic E-state index is -3.96. The van der Waals surface area contributed by atoms with Crippen molar-refractivity contribution < 1.29 is 13.2 Å². The highest BCUT2D eigenvalue weighted by molar-refractivity contribution is 7.89. The number of carbonyl (C=O) groups excluding carboxylic acids is 1. The monoisotopic (exact) mass is 384 g/mol. The average Bonchev–Trinajstić information content (AvgIpc) is 2.56. The predicted octanol–water partition coefficient (Wildman–Crippen LogP) is 2.86. The van der Waals surface area contributed by atoms with Crippen LogP contribution in [-0.4, -0.2) is 31.7 Å². The first-order chi connectivity index (χ1) is 11.4. The van der Waals surface area contributed by atoms with E-state index in [1.54, 1.807) is 36.4 Å². The lowest BCUT2D eigenvalue weighted by Gasteiger charge is -2.34. The first-order valence-electron chi connectivity index (χ1n) is 7.21. The van der Waals surface area contributed by atoms with Crippen LogP contribution in [0.1, 0.15) is 11.6 Å². The van der Waals surface area contributed by atoms with Crippen molar-refractivity contribution in [3.63, 3.8) is 0 Å². The van der Waals surface area contributed by atoms with E-state index in [-0.39, 0.29) is 23.0 Å². The molecule has 8 heteroatoms. The van der Waals surface area contributed by atoms with Crippen LogP contribution in [0.15, 0.2) is 53.4 Å². The summed E-state index contributed by atoms with van der Waals surface area (Å²) in [5, 5.41) is 3.13. The summed E-state index contributed by atoms with van der Waals surface area (Å²) >= 11 is 12.2. The summed E-state index contributed by atoms with van der Waals surface area (Å²) in [5.41, 5.74) is 0.437. The number of amides is 1. The lowest BCUT2D eigenvalue weighted by Crippen LogP contribution is -2.52. The lowest BCUT2D eigenvalue weighted by molar-refractivity contribution is -0.126. The van der Waals surface area contributed by atoms with E-state index >= 15 is 0 Å². The predicted molar refractivity (Wildman–Crippen MR) is 92.5 cm³/mol. The number of nitrogens with one attached hydrogen (secondary N) is 1. The van der Waals surface area contributed by atoms with E-state index in [2.05, 4.69) is 5.32 Å². The number of piperazine rings is 1. The molecule has 1 fully saturated rings. The van der Waals surface area contributed by atoms with Gasteiger partial charge in [0.1, 0.15) is 10.9 Å². The van der Waals surface area contributed by atoms with E-state index < -0.39 is 22.0 Å². The topological polar surface area (TPSA) is 66.5 Å². The Hall–Kier alpha value is -1.60. The zero-order valence-electron chi connectivity index (χ0n) is 12.4. The van der Waals surface area contributed by atoms with Gasteiger partial charge in [0.2, 0.25) is 15.9 Å². The number of benzene rings is 2. The molecule has 2 aromatic rings. The van der Waals surface area contributed by atoms with Crippen molar-refractivity contribution in [2.75, 3.05) is 13.1 Å². The second-order valence-corrected chi connectivity index (χ2v) is 7.93. The molecule has 1 unspecified atom stereocenters. The maximum atomic E-state index is 13.1. The Morgan fingerprint density at radius 1 is 1.00 bits per heavy atom. The Morgan fingerprint density at radius 3 is 2.29 bits per heavy atom. The molecule has 126 valence electrons. The molecule has 1 atom stereocenters. The van der Waals surface area contributed by atoms with Gasteiger partial charge < -0.3 is 5.32 Å². The first-order valence-corrected chi connectivity index (χ1v) is 9.41. The molecule has 0 saturated carbocycles. The number of carbonyl (C=O) groups is 1. The highest BCUT2D eigenvalue weighted by Gasteiger charge is 2.40. The van der Waals surface area contributed by atoms with Crippen molar-refractivity contribution in [2.24, 2.45) is 0 Å². The molecule has 1 aliphatic rings. The van der Waals surface area contributed by atoms with Crippen molar-refractivity contribution >= 4 is 39.1 Å². The van der Waals surface area contributed by atoms with Gasteiger partial charge in [0.05, 0.1) is 5.02 Å². The van der Waals surface area contributed by atoms with Crippen molar-refractivity contribution in [3.8, 4) is 0 Å². The molecule has 1 heterocycles. The number of sulfonamides is 1. The van der Waals surface area contributed by atoms with Gasteiger partial charge in [-0.25, -0.2) is 8.42 Å². The fourth-order valence-electron chi connectivity index (χ4n) is 2.68. The molecule has 1 amide bonds. The second-order valence-electron chi connectivity index (χ2n) is 5.26. The van der Waals surface area contributed by atoms with E-state index in [9.17, 15) is 13.2 Å². The van der Waals surface area contributed by atoms with E-state index in [1.165, 1.54) is 12.1 Å². The Morgan fingerprint density at radius 2 is 1.62 bits per heavy atom. The number of rotatable bonds is 3. The third-order valence-corrected chi connectivity index (χ3v) is 6.50. The van der Waals surface area contributed by atoms with E-state index in [1.807, 2.05) is 0 Å². The van der Waals surface area contributed by atoms with Gasteiger partial charge >= 0.3 is 0 Å². The summed E-state index contributed by atoms with van der Waals surface area (Å²) in [6.45, 7) is 0.360. The number of hydrogen-bond donors (Lipinski definition) is 1. The zero-order valence-corrected chi connectivity index (χ0v) is 14.8. The molecule has 0 aliphatic carbocycles. The summed E-state index contributed by atoms with van der Waals surface area (Å²) in [5.74, 6) is -0.412. The molecule has 24 heavy (non-hydrogen) atoms. The molecule has 1 saturated heterocycles. The van der Waals surface area contributed by atoms with Gasteiger partial charge in [-0.05, 0) is 23.8 Å². The molecule has 0 spiro atoms. The third kappa shape index (κ3) is 3.02. The quantitative estimate of drug-likeness (QED) is 0.884. The summed E-state index contributed by atoms with van der Waals surface area (Å²) < 4.78 is 27.3. The molecule has 2 aromatic carbocycles. The number of nitrogens with zero attached hydrogens (tertiary/aromatic N) is 1. The Bertz CT molecular complexity index is 886. The van der Waals surface area contributed by atoms with Crippen LogP contribution in [0.25, 0.3) is 0 Å². The fourth-order valence-corrected chi connectivity index (χ4v) is 4.98. The van der Waals surface area contributed by atoms with Crippen molar-refractivity contribution in [1.29, 1.82) is 0 Å². The minimum absolute atomic E-state index is 0.0292. The van der Waals surface area contributed by atoms with Gasteiger partial charge in [0, 0.05) is 18.1 Å². The molecular weight excluding hydrogens is 371 g/mol. The molecule has 1 N–H and O–H groups in total. The highest BCUT2D eigenvalue weighted by atomic mass is 35.5. The zero-order chi connectivity index (χ0) is 17.3. The Kier molecular flexibility index (Phi) is 4.83. The van der Waals surface area contributed by atoms with Crippen molar-refractivity contribution in [1.82, 2.24) is 9.62 Å². The Labute approximate surface area is 150 Å². The SMILES string of the molecule is O=C1NCCN(S(=O)(=O)c2ccccc2Cl)C1c1ccccc1Cl. The van der Waals surface area contributed by atoms with Crippen LogP contribution in [0.2, 0.25) is 10.0 Å². The van der Waals surface area contributed by atoms with Gasteiger partial charge in [-0.3, -0.25) is 4.79 Å². The largest absolute Gasteiger partial charge is 0.353 e. The van der Waals surface area contributed by atoms with Gasteiger partial charge in [0.25, 0.3) is 0 Å². The normalized spacial score (nSPS) is 19.1. The second kappa shape index (κ2) is 6.72. The molecule has 0 bridgehead atoms. The summed E-state index contributed by atoms with van der Waals surface area (Å²) in [7, 11) is -3.96. The molecule has 1 aliphatic heterocycles. The van der Waals surface area contributed by atoms with Crippen LogP contribution in [-0.2, 0) is 14.8 Å². The van der Waals surface area contributed by atoms with Gasteiger partial charge in [-0.1, -0.05) is 53.5 Å². The van der Waals surface area contributed by atoms with Crippen LogP contribution >= 0.6 is 23.2 Å². The minimum Gasteiger partial charge on any atom is -0.353 e. The van der Waals surface area contributed by atoms with E-state index in [0.29, 0.717) is 10.6 Å². The van der Waals surface area contributed by atoms with Crippen LogP contribution in [0.5, 0.6) is 0 Å². The molecule has 5 nitrogen and oxygen atoms in total.